The number of fused-ring (bicyclic) bond motifs is 1. The smallest absolute Gasteiger partial charge is 0.260 e. The van der Waals surface area contributed by atoms with Crippen LogP contribution in [0.3, 0.4) is 0 Å². The molecule has 1 heterocycles. The Morgan fingerprint density at radius 3 is 2.76 bits per heavy atom. The molecular formula is C19H19FN2O3. The summed E-state index contributed by atoms with van der Waals surface area (Å²) in [6.07, 6.45) is -0.0213. The minimum Gasteiger partial charge on any atom is -0.483 e. The first-order chi connectivity index (χ1) is 12.1. The van der Waals surface area contributed by atoms with Crippen LogP contribution in [-0.2, 0) is 22.6 Å². The van der Waals surface area contributed by atoms with E-state index in [-0.39, 0.29) is 24.8 Å². The number of nitrogens with zero attached hydrogens (tertiary/aromatic N) is 1. The molecule has 0 saturated carbocycles. The molecule has 0 fully saturated rings. The Morgan fingerprint density at radius 2 is 1.92 bits per heavy atom. The second-order valence-electron chi connectivity index (χ2n) is 5.83. The third-order valence-corrected chi connectivity index (χ3v) is 4.05. The van der Waals surface area contributed by atoms with Gasteiger partial charge in [-0.3, -0.25) is 9.59 Å². The monoisotopic (exact) mass is 342 g/mol. The number of ether oxygens (including phenoxy) is 1. The van der Waals surface area contributed by atoms with E-state index in [1.807, 2.05) is 24.3 Å². The molecule has 1 aliphatic heterocycles. The Labute approximate surface area is 145 Å². The first-order valence-electron chi connectivity index (χ1n) is 8.12. The van der Waals surface area contributed by atoms with Crippen LogP contribution in [0.25, 0.3) is 0 Å². The molecule has 1 aliphatic rings. The molecule has 0 atom stereocenters. The standard InChI is InChI=1S/C19H19FN2O3/c20-16-7-3-1-5-14(16)11-18(23)21-9-10-22-12-15-6-2-4-8-17(15)25-13-19(22)24/h1-8H,9-13H2,(H,21,23). The van der Waals surface area contributed by atoms with E-state index in [1.165, 1.54) is 6.07 Å². The van der Waals surface area contributed by atoms with Gasteiger partial charge in [0, 0.05) is 25.2 Å². The molecule has 0 bridgehead atoms. The van der Waals surface area contributed by atoms with E-state index < -0.39 is 5.82 Å². The van der Waals surface area contributed by atoms with Gasteiger partial charge in [-0.25, -0.2) is 4.39 Å². The summed E-state index contributed by atoms with van der Waals surface area (Å²) >= 11 is 0. The van der Waals surface area contributed by atoms with Crippen LogP contribution in [0.4, 0.5) is 4.39 Å². The average Bonchev–Trinajstić information content (AvgIpc) is 2.77. The predicted molar refractivity (Wildman–Crippen MR) is 90.5 cm³/mol. The highest BCUT2D eigenvalue weighted by Crippen LogP contribution is 2.22. The van der Waals surface area contributed by atoms with Gasteiger partial charge < -0.3 is 15.0 Å². The molecule has 3 rings (SSSR count). The van der Waals surface area contributed by atoms with Crippen molar-refractivity contribution in [3.63, 3.8) is 0 Å². The Kier molecular flexibility index (Phi) is 5.28. The number of carbonyl (C=O) groups is 2. The SMILES string of the molecule is O=C(Cc1ccccc1F)NCCN1Cc2ccccc2OCC1=O. The van der Waals surface area contributed by atoms with E-state index >= 15 is 0 Å². The van der Waals surface area contributed by atoms with E-state index in [0.717, 1.165) is 5.56 Å². The van der Waals surface area contributed by atoms with Crippen molar-refractivity contribution in [2.45, 2.75) is 13.0 Å². The summed E-state index contributed by atoms with van der Waals surface area (Å²) in [5.41, 5.74) is 1.29. The van der Waals surface area contributed by atoms with Crippen LogP contribution in [0, 0.1) is 5.82 Å². The zero-order chi connectivity index (χ0) is 17.6. The van der Waals surface area contributed by atoms with E-state index in [9.17, 15) is 14.0 Å². The minimum absolute atomic E-state index is 0.0137. The van der Waals surface area contributed by atoms with Gasteiger partial charge in [-0.2, -0.15) is 0 Å². The quantitative estimate of drug-likeness (QED) is 0.903. The Morgan fingerprint density at radius 1 is 1.16 bits per heavy atom. The molecule has 25 heavy (non-hydrogen) atoms. The summed E-state index contributed by atoms with van der Waals surface area (Å²) in [5.74, 6) is -0.0837. The van der Waals surface area contributed by atoms with Crippen molar-refractivity contribution in [3.8, 4) is 5.75 Å². The molecule has 2 amide bonds. The van der Waals surface area contributed by atoms with Gasteiger partial charge in [0.25, 0.3) is 5.91 Å². The normalized spacial score (nSPS) is 13.6. The number of nitrogens with one attached hydrogen (secondary N) is 1. The first-order valence-corrected chi connectivity index (χ1v) is 8.12. The number of rotatable bonds is 5. The van der Waals surface area contributed by atoms with Crippen LogP contribution in [0.5, 0.6) is 5.75 Å². The average molecular weight is 342 g/mol. The zero-order valence-electron chi connectivity index (χ0n) is 13.7. The van der Waals surface area contributed by atoms with Crippen LogP contribution in [-0.4, -0.2) is 36.4 Å². The number of carbonyl (C=O) groups excluding carboxylic acids is 2. The number of amides is 2. The molecule has 0 unspecified atom stereocenters. The summed E-state index contributed by atoms with van der Waals surface area (Å²) in [5, 5.41) is 2.73. The maximum atomic E-state index is 13.6. The van der Waals surface area contributed by atoms with Crippen molar-refractivity contribution in [2.75, 3.05) is 19.7 Å². The number of halogens is 1. The van der Waals surface area contributed by atoms with Gasteiger partial charge in [0.15, 0.2) is 6.61 Å². The lowest BCUT2D eigenvalue weighted by molar-refractivity contribution is -0.133. The molecule has 0 spiro atoms. The van der Waals surface area contributed by atoms with E-state index in [0.29, 0.717) is 30.9 Å². The lowest BCUT2D eigenvalue weighted by Crippen LogP contribution is -2.39. The van der Waals surface area contributed by atoms with Crippen molar-refractivity contribution in [3.05, 3.63) is 65.5 Å². The summed E-state index contributed by atoms with van der Waals surface area (Å²) in [6.45, 7) is 1.11. The maximum Gasteiger partial charge on any atom is 0.260 e. The van der Waals surface area contributed by atoms with E-state index in [4.69, 9.17) is 4.74 Å². The fourth-order valence-corrected chi connectivity index (χ4v) is 2.71. The van der Waals surface area contributed by atoms with Gasteiger partial charge in [0.05, 0.1) is 6.42 Å². The van der Waals surface area contributed by atoms with Crippen molar-refractivity contribution in [1.82, 2.24) is 10.2 Å². The van der Waals surface area contributed by atoms with Crippen LogP contribution in [0.2, 0.25) is 0 Å². The van der Waals surface area contributed by atoms with Crippen molar-refractivity contribution < 1.29 is 18.7 Å². The summed E-state index contributed by atoms with van der Waals surface area (Å²) < 4.78 is 19.0. The van der Waals surface area contributed by atoms with Gasteiger partial charge in [-0.05, 0) is 17.7 Å². The molecule has 0 radical (unpaired) electrons. The minimum atomic E-state index is -0.394. The molecule has 1 N–H and O–H groups in total. The second kappa shape index (κ2) is 7.79. The first kappa shape index (κ1) is 17.0. The molecule has 0 aliphatic carbocycles. The second-order valence-corrected chi connectivity index (χ2v) is 5.83. The van der Waals surface area contributed by atoms with Crippen LogP contribution in [0.15, 0.2) is 48.5 Å². The summed E-state index contributed by atoms with van der Waals surface area (Å²) in [4.78, 5) is 25.7. The van der Waals surface area contributed by atoms with Crippen molar-refractivity contribution >= 4 is 11.8 Å². The van der Waals surface area contributed by atoms with E-state index in [1.54, 1.807) is 23.1 Å². The highest BCUT2D eigenvalue weighted by Gasteiger charge is 2.21. The van der Waals surface area contributed by atoms with Gasteiger partial charge >= 0.3 is 0 Å². The van der Waals surface area contributed by atoms with E-state index in [2.05, 4.69) is 5.32 Å². The molecule has 2 aromatic rings. The largest absolute Gasteiger partial charge is 0.483 e. The summed E-state index contributed by atoms with van der Waals surface area (Å²) in [7, 11) is 0. The molecule has 130 valence electrons. The van der Waals surface area contributed by atoms with Gasteiger partial charge in [0.2, 0.25) is 5.91 Å². The lowest BCUT2D eigenvalue weighted by atomic mass is 10.1. The predicted octanol–water partition coefficient (Wildman–Crippen LogP) is 1.91. The molecule has 0 saturated heterocycles. The lowest BCUT2D eigenvalue weighted by Gasteiger charge is -2.20. The highest BCUT2D eigenvalue weighted by atomic mass is 19.1. The van der Waals surface area contributed by atoms with Crippen molar-refractivity contribution in [2.24, 2.45) is 0 Å². The van der Waals surface area contributed by atoms with Crippen molar-refractivity contribution in [1.29, 1.82) is 0 Å². The third kappa shape index (κ3) is 4.35. The van der Waals surface area contributed by atoms with Gasteiger partial charge in [-0.1, -0.05) is 36.4 Å². The summed E-state index contributed by atoms with van der Waals surface area (Å²) in [6, 6.07) is 13.7. The topological polar surface area (TPSA) is 58.6 Å². The fraction of sp³-hybridized carbons (Fsp3) is 0.263. The number of hydrogen-bond donors (Lipinski definition) is 1. The Hall–Kier alpha value is -2.89. The number of para-hydroxylation sites is 1. The number of benzene rings is 2. The van der Waals surface area contributed by atoms with Crippen LogP contribution in [0.1, 0.15) is 11.1 Å². The molecule has 0 aromatic heterocycles. The molecule has 6 heteroatoms. The molecular weight excluding hydrogens is 323 g/mol. The highest BCUT2D eigenvalue weighted by molar-refractivity contribution is 5.79. The third-order valence-electron chi connectivity index (χ3n) is 4.05. The van der Waals surface area contributed by atoms with Gasteiger partial charge in [0.1, 0.15) is 11.6 Å². The number of hydrogen-bond acceptors (Lipinski definition) is 3. The molecule has 5 nitrogen and oxygen atoms in total. The fourth-order valence-electron chi connectivity index (χ4n) is 2.71. The van der Waals surface area contributed by atoms with Crippen LogP contribution >= 0.6 is 0 Å². The maximum absolute atomic E-state index is 13.6. The Balaban J connectivity index is 1.52. The van der Waals surface area contributed by atoms with Gasteiger partial charge in [-0.15, -0.1) is 0 Å². The zero-order valence-corrected chi connectivity index (χ0v) is 13.7. The Bertz CT molecular complexity index is 779. The van der Waals surface area contributed by atoms with Crippen LogP contribution < -0.4 is 10.1 Å². The molecule has 2 aromatic carbocycles.